The molecule has 160 valence electrons. The highest BCUT2D eigenvalue weighted by molar-refractivity contribution is 7.90. The third-order valence-electron chi connectivity index (χ3n) is 5.41. The highest BCUT2D eigenvalue weighted by Gasteiger charge is 2.28. The van der Waals surface area contributed by atoms with Crippen molar-refractivity contribution < 1.29 is 22.7 Å². The molecule has 8 heteroatoms. The monoisotopic (exact) mass is 430 g/mol. The van der Waals surface area contributed by atoms with Crippen LogP contribution in [-0.2, 0) is 14.6 Å². The summed E-state index contributed by atoms with van der Waals surface area (Å²) < 4.78 is 35.0. The Morgan fingerprint density at radius 1 is 1.10 bits per heavy atom. The second-order valence-corrected chi connectivity index (χ2v) is 9.75. The summed E-state index contributed by atoms with van der Waals surface area (Å²) in [6.45, 7) is 2.36. The zero-order valence-corrected chi connectivity index (χ0v) is 17.8. The van der Waals surface area contributed by atoms with Gasteiger partial charge in [-0.25, -0.2) is 8.42 Å². The normalized spacial score (nSPS) is 19.3. The number of amides is 1. The van der Waals surface area contributed by atoms with Crippen LogP contribution >= 0.6 is 0 Å². The number of carbonyl (C=O) groups is 1. The molecule has 0 radical (unpaired) electrons. The van der Waals surface area contributed by atoms with Crippen molar-refractivity contribution in [2.45, 2.75) is 30.2 Å². The molecule has 1 saturated heterocycles. The van der Waals surface area contributed by atoms with E-state index in [4.69, 9.17) is 9.47 Å². The lowest BCUT2D eigenvalue weighted by Gasteiger charge is -2.25. The van der Waals surface area contributed by atoms with Crippen LogP contribution in [-0.4, -0.2) is 51.8 Å². The fourth-order valence-electron chi connectivity index (χ4n) is 3.97. The predicted octanol–water partition coefficient (Wildman–Crippen LogP) is 3.03. The number of ether oxygens (including phenoxy) is 2. The molecule has 2 heterocycles. The van der Waals surface area contributed by atoms with Gasteiger partial charge in [0.25, 0.3) is 0 Å². The smallest absolute Gasteiger partial charge is 0.238 e. The molecule has 0 aliphatic carbocycles. The van der Waals surface area contributed by atoms with Gasteiger partial charge in [-0.15, -0.1) is 0 Å². The number of likely N-dealkylation sites (tertiary alicyclic amines) is 1. The maximum Gasteiger partial charge on any atom is 0.238 e. The summed E-state index contributed by atoms with van der Waals surface area (Å²) in [5.41, 5.74) is 1.60. The zero-order chi connectivity index (χ0) is 21.1. The number of rotatable bonds is 5. The van der Waals surface area contributed by atoms with Crippen molar-refractivity contribution in [2.75, 3.05) is 37.9 Å². The number of benzene rings is 2. The quantitative estimate of drug-likeness (QED) is 0.785. The number of carbonyl (C=O) groups excluding carboxylic acids is 1. The molecule has 2 aliphatic heterocycles. The van der Waals surface area contributed by atoms with Gasteiger partial charge >= 0.3 is 0 Å². The van der Waals surface area contributed by atoms with Crippen molar-refractivity contribution in [3.8, 4) is 11.5 Å². The number of hydrogen-bond donors (Lipinski definition) is 1. The molecule has 0 saturated carbocycles. The molecule has 4 rings (SSSR count). The topological polar surface area (TPSA) is 84.9 Å². The Balaban J connectivity index is 1.44. The van der Waals surface area contributed by atoms with Gasteiger partial charge in [-0.1, -0.05) is 12.1 Å². The first-order chi connectivity index (χ1) is 14.4. The van der Waals surface area contributed by atoms with E-state index in [1.54, 1.807) is 12.1 Å². The van der Waals surface area contributed by atoms with Gasteiger partial charge < -0.3 is 14.8 Å². The summed E-state index contributed by atoms with van der Waals surface area (Å²) in [6.07, 6.45) is 3.99. The molecule has 1 fully saturated rings. The molecule has 0 unspecified atom stereocenters. The third kappa shape index (κ3) is 4.76. The van der Waals surface area contributed by atoms with E-state index >= 15 is 0 Å². The lowest BCUT2D eigenvalue weighted by Crippen LogP contribution is -2.33. The number of anilines is 1. The molecule has 0 spiro atoms. The minimum atomic E-state index is -3.32. The lowest BCUT2D eigenvalue weighted by atomic mass is 10.0. The fourth-order valence-corrected chi connectivity index (χ4v) is 4.64. The Labute approximate surface area is 176 Å². The Hall–Kier alpha value is -2.58. The van der Waals surface area contributed by atoms with Crippen LogP contribution in [0.2, 0.25) is 0 Å². The van der Waals surface area contributed by atoms with E-state index in [-0.39, 0.29) is 23.4 Å². The van der Waals surface area contributed by atoms with Gasteiger partial charge in [0.1, 0.15) is 0 Å². The van der Waals surface area contributed by atoms with E-state index in [9.17, 15) is 13.2 Å². The van der Waals surface area contributed by atoms with E-state index in [1.807, 2.05) is 18.2 Å². The molecule has 0 aromatic heterocycles. The van der Waals surface area contributed by atoms with Gasteiger partial charge in [-0.2, -0.15) is 0 Å². The summed E-state index contributed by atoms with van der Waals surface area (Å²) in [6, 6.07) is 12.5. The molecule has 1 atom stereocenters. The minimum absolute atomic E-state index is 0.134. The van der Waals surface area contributed by atoms with Crippen LogP contribution in [0.5, 0.6) is 11.5 Å². The average Bonchev–Trinajstić information content (AvgIpc) is 3.02. The molecule has 2 aromatic carbocycles. The average molecular weight is 431 g/mol. The van der Waals surface area contributed by atoms with Crippen LogP contribution in [0.1, 0.15) is 30.9 Å². The number of fused-ring (bicyclic) bond motifs is 1. The van der Waals surface area contributed by atoms with Crippen LogP contribution in [0, 0.1) is 0 Å². The summed E-state index contributed by atoms with van der Waals surface area (Å²) in [4.78, 5) is 15.0. The van der Waals surface area contributed by atoms with Gasteiger partial charge in [0.05, 0.1) is 24.7 Å². The first kappa shape index (κ1) is 20.7. The van der Waals surface area contributed by atoms with Gasteiger partial charge in [0.15, 0.2) is 21.3 Å². The molecule has 1 N–H and O–H groups in total. The van der Waals surface area contributed by atoms with Crippen molar-refractivity contribution in [1.29, 1.82) is 0 Å². The number of sulfone groups is 1. The van der Waals surface area contributed by atoms with Crippen molar-refractivity contribution in [3.05, 3.63) is 48.0 Å². The molecule has 2 aromatic rings. The van der Waals surface area contributed by atoms with Crippen LogP contribution < -0.4 is 14.8 Å². The van der Waals surface area contributed by atoms with Crippen molar-refractivity contribution >= 4 is 21.4 Å². The van der Waals surface area contributed by atoms with Crippen LogP contribution in [0.15, 0.2) is 47.4 Å². The second kappa shape index (κ2) is 8.65. The Kier molecular flexibility index (Phi) is 5.97. The van der Waals surface area contributed by atoms with E-state index < -0.39 is 9.84 Å². The molecule has 0 bridgehead atoms. The number of nitrogens with zero attached hydrogens (tertiary/aromatic N) is 1. The minimum Gasteiger partial charge on any atom is -0.490 e. The summed E-state index contributed by atoms with van der Waals surface area (Å²) >= 11 is 0. The van der Waals surface area contributed by atoms with E-state index in [2.05, 4.69) is 10.2 Å². The van der Waals surface area contributed by atoms with E-state index in [1.165, 1.54) is 12.1 Å². The molecular formula is C22H26N2O5S. The summed E-state index contributed by atoms with van der Waals surface area (Å²) in [5, 5.41) is 2.82. The largest absolute Gasteiger partial charge is 0.490 e. The van der Waals surface area contributed by atoms with Gasteiger partial charge in [0, 0.05) is 24.4 Å². The Morgan fingerprint density at radius 3 is 2.70 bits per heavy atom. The number of hydrogen-bond acceptors (Lipinski definition) is 6. The highest BCUT2D eigenvalue weighted by atomic mass is 32.2. The molecule has 2 aliphatic rings. The van der Waals surface area contributed by atoms with Crippen molar-refractivity contribution in [1.82, 2.24) is 4.90 Å². The van der Waals surface area contributed by atoms with E-state index in [0.29, 0.717) is 18.9 Å². The van der Waals surface area contributed by atoms with Crippen LogP contribution in [0.3, 0.4) is 0 Å². The van der Waals surface area contributed by atoms with Crippen molar-refractivity contribution in [2.24, 2.45) is 0 Å². The molecule has 30 heavy (non-hydrogen) atoms. The Bertz CT molecular complexity index is 1040. The standard InChI is InChI=1S/C22H26N2O5S/c1-30(26,27)18-6-2-5-17(14-18)23-22(25)15-24-10-3-7-19(24)16-8-9-20-21(13-16)29-12-4-11-28-20/h2,5-6,8-9,13-14,19H,3-4,7,10-12,15H2,1H3,(H,23,25)/t19-/m0/s1. The van der Waals surface area contributed by atoms with Gasteiger partial charge in [-0.05, 0) is 55.3 Å². The van der Waals surface area contributed by atoms with Crippen molar-refractivity contribution in [3.63, 3.8) is 0 Å². The van der Waals surface area contributed by atoms with Crippen LogP contribution in [0.4, 0.5) is 5.69 Å². The van der Waals surface area contributed by atoms with Gasteiger partial charge in [-0.3, -0.25) is 9.69 Å². The first-order valence-electron chi connectivity index (χ1n) is 10.1. The third-order valence-corrected chi connectivity index (χ3v) is 6.52. The predicted molar refractivity (Wildman–Crippen MR) is 114 cm³/mol. The number of nitrogens with one attached hydrogen (secondary N) is 1. The second-order valence-electron chi connectivity index (χ2n) is 7.73. The van der Waals surface area contributed by atoms with Gasteiger partial charge in [0.2, 0.25) is 5.91 Å². The van der Waals surface area contributed by atoms with Crippen LogP contribution in [0.25, 0.3) is 0 Å². The zero-order valence-electron chi connectivity index (χ0n) is 17.0. The lowest BCUT2D eigenvalue weighted by molar-refractivity contribution is -0.117. The Morgan fingerprint density at radius 2 is 1.90 bits per heavy atom. The van der Waals surface area contributed by atoms with E-state index in [0.717, 1.165) is 49.1 Å². The highest BCUT2D eigenvalue weighted by Crippen LogP contribution is 2.37. The summed E-state index contributed by atoms with van der Waals surface area (Å²) in [7, 11) is -3.32. The molecule has 7 nitrogen and oxygen atoms in total. The molecule has 1 amide bonds. The maximum absolute atomic E-state index is 12.6. The maximum atomic E-state index is 12.6. The fraction of sp³-hybridized carbons (Fsp3) is 0.409. The molecular weight excluding hydrogens is 404 g/mol. The first-order valence-corrected chi connectivity index (χ1v) is 12.0. The SMILES string of the molecule is CS(=O)(=O)c1cccc(NC(=O)CN2CCC[C@H]2c2ccc3c(c2)OCCCO3)c1. The summed E-state index contributed by atoms with van der Waals surface area (Å²) in [5.74, 6) is 1.37.